The van der Waals surface area contributed by atoms with Crippen LogP contribution in [0.1, 0.15) is 39.0 Å². The van der Waals surface area contributed by atoms with Crippen molar-refractivity contribution in [3.63, 3.8) is 0 Å². The van der Waals surface area contributed by atoms with E-state index in [1.807, 2.05) is 11.8 Å². The van der Waals surface area contributed by atoms with Crippen LogP contribution in [0.2, 0.25) is 0 Å². The van der Waals surface area contributed by atoms with Crippen LogP contribution in [0.5, 0.6) is 0 Å². The summed E-state index contributed by atoms with van der Waals surface area (Å²) in [6.45, 7) is 2.97. The van der Waals surface area contributed by atoms with E-state index in [2.05, 4.69) is 6.92 Å². The highest BCUT2D eigenvalue weighted by molar-refractivity contribution is 7.99. The molecule has 3 heteroatoms. The van der Waals surface area contributed by atoms with Crippen LogP contribution in [0.4, 0.5) is 0 Å². The van der Waals surface area contributed by atoms with Gasteiger partial charge in [0.25, 0.3) is 0 Å². The summed E-state index contributed by atoms with van der Waals surface area (Å²) in [4.78, 5) is 0. The average molecular weight is 243 g/mol. The molecular weight excluding hydrogens is 218 g/mol. The van der Waals surface area contributed by atoms with Gasteiger partial charge in [-0.15, -0.1) is 0 Å². The lowest BCUT2D eigenvalue weighted by molar-refractivity contribution is -0.0408. The molecule has 16 heavy (non-hydrogen) atoms. The Morgan fingerprint density at radius 1 is 1.50 bits per heavy atom. The zero-order valence-corrected chi connectivity index (χ0v) is 11.1. The molecule has 2 fully saturated rings. The van der Waals surface area contributed by atoms with Crippen LogP contribution in [-0.2, 0) is 0 Å². The molecule has 0 bridgehead atoms. The van der Waals surface area contributed by atoms with E-state index in [9.17, 15) is 5.11 Å². The molecule has 1 heterocycles. The lowest BCUT2D eigenvalue weighted by atomic mass is 9.64. The second-order valence-electron chi connectivity index (χ2n) is 5.84. The lowest BCUT2D eigenvalue weighted by Gasteiger charge is -2.44. The first-order chi connectivity index (χ1) is 7.68. The summed E-state index contributed by atoms with van der Waals surface area (Å²) < 4.78 is 0. The van der Waals surface area contributed by atoms with Crippen LogP contribution in [0.15, 0.2) is 0 Å². The highest BCUT2D eigenvalue weighted by atomic mass is 32.2. The van der Waals surface area contributed by atoms with E-state index < -0.39 is 0 Å². The summed E-state index contributed by atoms with van der Waals surface area (Å²) in [5.74, 6) is 3.59. The SMILES string of the molecule is CC1CCCC(CN)(C(O)C2CCSC2)C1. The van der Waals surface area contributed by atoms with E-state index in [-0.39, 0.29) is 11.5 Å². The molecule has 3 N–H and O–H groups in total. The van der Waals surface area contributed by atoms with E-state index in [0.717, 1.165) is 24.5 Å². The molecule has 0 spiro atoms. The van der Waals surface area contributed by atoms with Gasteiger partial charge in [0, 0.05) is 12.0 Å². The third kappa shape index (κ3) is 2.41. The molecule has 0 aromatic rings. The van der Waals surface area contributed by atoms with Crippen molar-refractivity contribution in [3.05, 3.63) is 0 Å². The van der Waals surface area contributed by atoms with Crippen molar-refractivity contribution in [2.75, 3.05) is 18.1 Å². The predicted molar refractivity (Wildman–Crippen MR) is 70.6 cm³/mol. The maximum Gasteiger partial charge on any atom is 0.0644 e. The Labute approximate surface area is 103 Å². The molecule has 4 atom stereocenters. The van der Waals surface area contributed by atoms with Gasteiger partial charge < -0.3 is 10.8 Å². The molecule has 94 valence electrons. The summed E-state index contributed by atoms with van der Waals surface area (Å²) in [6, 6.07) is 0. The smallest absolute Gasteiger partial charge is 0.0644 e. The van der Waals surface area contributed by atoms with Crippen LogP contribution in [0.25, 0.3) is 0 Å². The second-order valence-corrected chi connectivity index (χ2v) is 6.99. The van der Waals surface area contributed by atoms with Crippen molar-refractivity contribution in [3.8, 4) is 0 Å². The predicted octanol–water partition coefficient (Wildman–Crippen LogP) is 2.26. The second kappa shape index (κ2) is 5.28. The summed E-state index contributed by atoms with van der Waals surface area (Å²) in [6.07, 6.45) is 5.85. The maximum absolute atomic E-state index is 10.6. The van der Waals surface area contributed by atoms with E-state index in [1.54, 1.807) is 0 Å². The number of hydrogen-bond acceptors (Lipinski definition) is 3. The fourth-order valence-electron chi connectivity index (χ4n) is 3.58. The van der Waals surface area contributed by atoms with Crippen LogP contribution < -0.4 is 5.73 Å². The Kier molecular flexibility index (Phi) is 4.20. The molecule has 1 aliphatic heterocycles. The Hall–Kier alpha value is 0.270. The van der Waals surface area contributed by atoms with Gasteiger partial charge in [-0.25, -0.2) is 0 Å². The van der Waals surface area contributed by atoms with Gasteiger partial charge in [0.1, 0.15) is 0 Å². The molecule has 0 amide bonds. The Morgan fingerprint density at radius 2 is 2.31 bits per heavy atom. The van der Waals surface area contributed by atoms with Crippen LogP contribution in [0.3, 0.4) is 0 Å². The lowest BCUT2D eigenvalue weighted by Crippen LogP contribution is -2.48. The highest BCUT2D eigenvalue weighted by Crippen LogP contribution is 2.45. The third-order valence-corrected chi connectivity index (χ3v) is 5.76. The molecule has 1 saturated carbocycles. The Morgan fingerprint density at radius 3 is 2.88 bits per heavy atom. The van der Waals surface area contributed by atoms with Crippen molar-refractivity contribution in [1.82, 2.24) is 0 Å². The number of thioether (sulfide) groups is 1. The molecule has 2 nitrogen and oxygen atoms in total. The minimum absolute atomic E-state index is 0.0350. The van der Waals surface area contributed by atoms with E-state index in [0.29, 0.717) is 12.5 Å². The first-order valence-electron chi connectivity index (χ1n) is 6.64. The van der Waals surface area contributed by atoms with Crippen molar-refractivity contribution >= 4 is 11.8 Å². The molecule has 0 aromatic heterocycles. The van der Waals surface area contributed by atoms with Gasteiger partial charge in [0.2, 0.25) is 0 Å². The molecular formula is C13H25NOS. The fourth-order valence-corrected chi connectivity index (χ4v) is 4.87. The maximum atomic E-state index is 10.6. The van der Waals surface area contributed by atoms with Crippen molar-refractivity contribution in [2.24, 2.45) is 23.0 Å². The first kappa shape index (κ1) is 12.7. The van der Waals surface area contributed by atoms with E-state index in [1.165, 1.54) is 25.0 Å². The normalized spacial score (nSPS) is 42.2. The van der Waals surface area contributed by atoms with E-state index in [4.69, 9.17) is 5.73 Å². The third-order valence-electron chi connectivity index (χ3n) is 4.57. The molecule has 0 radical (unpaired) electrons. The van der Waals surface area contributed by atoms with Crippen LogP contribution >= 0.6 is 11.8 Å². The quantitative estimate of drug-likeness (QED) is 0.799. The van der Waals surface area contributed by atoms with Gasteiger partial charge in [0.15, 0.2) is 0 Å². The summed E-state index contributed by atoms with van der Waals surface area (Å²) >= 11 is 1.98. The molecule has 4 unspecified atom stereocenters. The number of hydrogen-bond donors (Lipinski definition) is 2. The number of nitrogens with two attached hydrogens (primary N) is 1. The largest absolute Gasteiger partial charge is 0.392 e. The molecule has 2 aliphatic rings. The van der Waals surface area contributed by atoms with Gasteiger partial charge in [-0.2, -0.15) is 11.8 Å². The van der Waals surface area contributed by atoms with Crippen LogP contribution in [-0.4, -0.2) is 29.3 Å². The number of rotatable bonds is 3. The molecule has 1 aliphatic carbocycles. The Bertz CT molecular complexity index is 230. The summed E-state index contributed by atoms with van der Waals surface area (Å²) in [5, 5.41) is 10.6. The van der Waals surface area contributed by atoms with Crippen molar-refractivity contribution in [2.45, 2.75) is 45.1 Å². The number of aliphatic hydroxyl groups excluding tert-OH is 1. The summed E-state index contributed by atoms with van der Waals surface area (Å²) in [7, 11) is 0. The fraction of sp³-hybridized carbons (Fsp3) is 1.00. The monoisotopic (exact) mass is 243 g/mol. The van der Waals surface area contributed by atoms with Gasteiger partial charge >= 0.3 is 0 Å². The van der Waals surface area contributed by atoms with Gasteiger partial charge in [-0.05, 0) is 42.6 Å². The van der Waals surface area contributed by atoms with Crippen molar-refractivity contribution < 1.29 is 5.11 Å². The van der Waals surface area contributed by atoms with Gasteiger partial charge in [-0.3, -0.25) is 0 Å². The minimum atomic E-state index is -0.157. The van der Waals surface area contributed by atoms with Gasteiger partial charge in [-0.1, -0.05) is 19.8 Å². The Balaban J connectivity index is 2.06. The average Bonchev–Trinajstić information content (AvgIpc) is 2.81. The zero-order chi connectivity index (χ0) is 11.6. The van der Waals surface area contributed by atoms with Crippen molar-refractivity contribution in [1.29, 1.82) is 0 Å². The number of aliphatic hydroxyl groups is 1. The van der Waals surface area contributed by atoms with Crippen LogP contribution in [0, 0.1) is 17.3 Å². The van der Waals surface area contributed by atoms with Gasteiger partial charge in [0.05, 0.1) is 6.10 Å². The zero-order valence-electron chi connectivity index (χ0n) is 10.3. The molecule has 2 rings (SSSR count). The highest BCUT2D eigenvalue weighted by Gasteiger charge is 2.43. The van der Waals surface area contributed by atoms with E-state index >= 15 is 0 Å². The standard InChI is InChI=1S/C13H25NOS/c1-10-3-2-5-13(7-10,9-14)12(15)11-4-6-16-8-11/h10-12,15H,2-9,14H2,1H3. The minimum Gasteiger partial charge on any atom is -0.392 e. The molecule has 1 saturated heterocycles. The first-order valence-corrected chi connectivity index (χ1v) is 7.79. The summed E-state index contributed by atoms with van der Waals surface area (Å²) in [5.41, 5.74) is 6.04. The topological polar surface area (TPSA) is 46.2 Å². The molecule has 0 aromatic carbocycles.